The summed E-state index contributed by atoms with van der Waals surface area (Å²) in [6.45, 7) is 32.2. The van der Waals surface area contributed by atoms with Crippen molar-refractivity contribution < 1.29 is 4.39 Å². The van der Waals surface area contributed by atoms with Crippen LogP contribution in [0.25, 0.3) is 112 Å². The Morgan fingerprint density at radius 2 is 0.761 bits per heavy atom. The first kappa shape index (κ1) is 73.9. The summed E-state index contributed by atoms with van der Waals surface area (Å²) in [5, 5.41) is 10.7. The molecule has 4 aliphatic heterocycles. The minimum absolute atomic E-state index is 0.0173. The number of hydrogen-bond acceptors (Lipinski definition) is 4. The van der Waals surface area contributed by atoms with Crippen molar-refractivity contribution in [1.29, 1.82) is 0 Å². The average Bonchev–Trinajstić information content (AvgIpc) is 1.69. The fourth-order valence-electron chi connectivity index (χ4n) is 17.8. The van der Waals surface area contributed by atoms with Gasteiger partial charge in [-0.2, -0.15) is 0 Å². The summed E-state index contributed by atoms with van der Waals surface area (Å²) >= 11 is 0. The number of fused-ring (bicyclic) bond motifs is 14. The Bertz CT molecular complexity index is 5750. The molecule has 1 unspecified atom stereocenters. The molecule has 9 aromatic carbocycles. The van der Waals surface area contributed by atoms with Crippen LogP contribution in [0.2, 0.25) is 0 Å². The number of nitrogens with zero attached hydrogens (tertiary/aromatic N) is 9. The van der Waals surface area contributed by atoms with Gasteiger partial charge in [0, 0.05) is 165 Å². The molecular formula is C99H106FN9. The van der Waals surface area contributed by atoms with E-state index in [1.54, 1.807) is 0 Å². The summed E-state index contributed by atoms with van der Waals surface area (Å²) in [4.78, 5) is 9.68. The van der Waals surface area contributed by atoms with Crippen LogP contribution in [-0.2, 0) is 57.9 Å². The largest absolute Gasteiger partial charge is 0.351 e. The third-order valence-corrected chi connectivity index (χ3v) is 23.4. The molecule has 9 heterocycles. The Labute approximate surface area is 644 Å². The summed E-state index contributed by atoms with van der Waals surface area (Å²) < 4.78 is 25.3. The Kier molecular flexibility index (Phi) is 20.9. The summed E-state index contributed by atoms with van der Waals surface area (Å²) in [7, 11) is 11.0. The van der Waals surface area contributed by atoms with Crippen molar-refractivity contribution in [2.75, 3.05) is 54.4 Å². The van der Waals surface area contributed by atoms with Crippen molar-refractivity contribution in [1.82, 2.24) is 42.4 Å². The number of likely N-dealkylation sites (N-methyl/N-ethyl adjacent to an activating group) is 4. The molecule has 1 atom stereocenters. The molecule has 554 valence electrons. The number of benzene rings is 9. The highest BCUT2D eigenvalue weighted by molar-refractivity contribution is 5.96. The highest BCUT2D eigenvalue weighted by Crippen LogP contribution is 2.44. The van der Waals surface area contributed by atoms with Crippen molar-refractivity contribution in [2.45, 2.75) is 120 Å². The molecule has 10 heteroatoms. The van der Waals surface area contributed by atoms with Crippen molar-refractivity contribution in [3.05, 3.63) is 308 Å². The lowest BCUT2D eigenvalue weighted by Gasteiger charge is -2.39. The fraction of sp³-hybridized carbons (Fsp3) is 0.273. The van der Waals surface area contributed by atoms with Gasteiger partial charge in [-0.15, -0.1) is 6.58 Å². The minimum atomic E-state index is -0.206. The van der Waals surface area contributed by atoms with Gasteiger partial charge in [-0.05, 0) is 258 Å². The zero-order chi connectivity index (χ0) is 76.1. The van der Waals surface area contributed by atoms with Gasteiger partial charge in [-0.3, -0.25) is 0 Å². The van der Waals surface area contributed by atoms with Gasteiger partial charge in [-0.25, -0.2) is 4.39 Å². The lowest BCUT2D eigenvalue weighted by molar-refractivity contribution is 0.220. The average molecular weight is 1440 g/mol. The van der Waals surface area contributed by atoms with E-state index in [2.05, 4.69) is 347 Å². The number of halogens is 1. The van der Waals surface area contributed by atoms with Gasteiger partial charge < -0.3 is 42.4 Å². The standard InChI is InChI=1S/C26H29FN2.2C26H26N2.C21H25N3/c1-6-13-26(4)17-28(5)16-23-22-14-18(2)7-12-24(22)29(25(23)26)15-19(3)20-8-10-21(27)11-9-20;2*1-18-8-11-25-23(14-18)24-17-27(3)13-12-26(24)28(25)16-19(2)21-10-9-20-6-4-5-7-22(20)15-21;1-15-7-8-20-17(12-15)18-14-22(3)11-9-21(18)24(20)13-16(2)19-6-5-10-23(19)4/h6-12,14-15H,1,13,16-17H2,2-5H3;2*4-11,14-16H,12-13,17H2,1-3H3;5-8,10,12-13H,9,11,14H2,1-4H3/b19-15+;19-16+;19-16-;16-13-. The highest BCUT2D eigenvalue weighted by Gasteiger charge is 2.38. The molecule has 0 saturated carbocycles. The van der Waals surface area contributed by atoms with E-state index in [1.165, 1.54) is 178 Å². The van der Waals surface area contributed by atoms with Crippen molar-refractivity contribution in [3.8, 4) is 0 Å². The van der Waals surface area contributed by atoms with Gasteiger partial charge in [0.15, 0.2) is 0 Å². The number of rotatable bonds is 10. The molecule has 0 aliphatic carbocycles. The molecule has 4 aliphatic rings. The molecule has 0 spiro atoms. The SMILES string of the molecule is C/C(=C/n1c2c(c3cc(C)ccc31)CN(C)CC2)c1ccc2ccccc2c1.C/C(=C/n1c2c(c3cc(C)ccc31)CN(C)CC2)c1cccn1C.C/C(=C\n1c2c(c3cc(C)ccc31)CN(C)CC2)c1ccc2ccccc2c1.C=CCC1(C)CN(C)Cc2c1n(/C=C(\C)c1ccc(F)cc1)c1ccc(C)cc21. The van der Waals surface area contributed by atoms with E-state index in [0.29, 0.717) is 0 Å². The van der Waals surface area contributed by atoms with Crippen molar-refractivity contribution in [3.63, 3.8) is 0 Å². The van der Waals surface area contributed by atoms with Crippen LogP contribution in [0.15, 0.2) is 213 Å². The zero-order valence-electron chi connectivity index (χ0n) is 66.5. The van der Waals surface area contributed by atoms with E-state index >= 15 is 0 Å². The number of allylic oxidation sites excluding steroid dienone is 5. The molecule has 0 radical (unpaired) electrons. The second-order valence-corrected chi connectivity index (χ2v) is 32.2. The third kappa shape index (κ3) is 15.0. The summed E-state index contributed by atoms with van der Waals surface area (Å²) in [6, 6.07) is 69.0. The van der Waals surface area contributed by atoms with Crippen LogP contribution >= 0.6 is 0 Å². The predicted octanol–water partition coefficient (Wildman–Crippen LogP) is 22.9. The quantitative estimate of drug-likeness (QED) is 0.128. The molecule has 0 fully saturated rings. The molecule has 0 saturated heterocycles. The maximum atomic E-state index is 13.4. The van der Waals surface area contributed by atoms with Crippen LogP contribution in [0.4, 0.5) is 4.39 Å². The van der Waals surface area contributed by atoms with Crippen molar-refractivity contribution in [2.24, 2.45) is 7.05 Å². The first-order valence-corrected chi connectivity index (χ1v) is 39.0. The Hall–Kier alpha value is -10.6. The third-order valence-electron chi connectivity index (χ3n) is 23.4. The number of aromatic nitrogens is 5. The normalized spacial score (nSPS) is 16.7. The Balaban J connectivity index is 0.000000116. The lowest BCUT2D eigenvalue weighted by Crippen LogP contribution is -2.42. The molecule has 0 N–H and O–H groups in total. The number of aryl methyl sites for hydroxylation is 5. The monoisotopic (exact) mass is 1440 g/mol. The van der Waals surface area contributed by atoms with E-state index in [1.807, 2.05) is 18.2 Å². The molecular weight excluding hydrogens is 1330 g/mol. The van der Waals surface area contributed by atoms with Gasteiger partial charge in [0.2, 0.25) is 0 Å². The summed E-state index contributed by atoms with van der Waals surface area (Å²) in [6.07, 6.45) is 17.6. The molecule has 9 nitrogen and oxygen atoms in total. The topological polar surface area (TPSA) is 37.6 Å². The molecule has 18 rings (SSSR count). The van der Waals surface area contributed by atoms with Crippen LogP contribution in [0.5, 0.6) is 0 Å². The molecule has 5 aromatic heterocycles. The molecule has 109 heavy (non-hydrogen) atoms. The smallest absolute Gasteiger partial charge is 0.123 e. The van der Waals surface area contributed by atoms with Gasteiger partial charge in [0.25, 0.3) is 0 Å². The summed E-state index contributed by atoms with van der Waals surface area (Å²) in [5.41, 5.74) is 32.0. The molecule has 14 aromatic rings. The molecule has 0 amide bonds. The van der Waals surface area contributed by atoms with Crippen molar-refractivity contribution >= 4 is 112 Å². The van der Waals surface area contributed by atoms with Crippen LogP contribution in [0.3, 0.4) is 0 Å². The van der Waals surface area contributed by atoms with E-state index in [-0.39, 0.29) is 11.2 Å². The second kappa shape index (κ2) is 30.8. The minimum Gasteiger partial charge on any atom is -0.351 e. The first-order valence-electron chi connectivity index (χ1n) is 39.0. The van der Waals surface area contributed by atoms with Gasteiger partial charge in [0.1, 0.15) is 5.82 Å². The van der Waals surface area contributed by atoms with Gasteiger partial charge in [-0.1, -0.05) is 144 Å². The van der Waals surface area contributed by atoms with E-state index in [0.717, 1.165) is 89.2 Å². The zero-order valence-corrected chi connectivity index (χ0v) is 66.5. The van der Waals surface area contributed by atoms with Crippen LogP contribution in [0.1, 0.15) is 131 Å². The van der Waals surface area contributed by atoms with E-state index in [4.69, 9.17) is 0 Å². The Morgan fingerprint density at radius 3 is 1.17 bits per heavy atom. The lowest BCUT2D eigenvalue weighted by atomic mass is 9.78. The number of hydrogen-bond donors (Lipinski definition) is 0. The predicted molar refractivity (Wildman–Crippen MR) is 464 cm³/mol. The van der Waals surface area contributed by atoms with Crippen LogP contribution in [0, 0.1) is 33.5 Å². The Morgan fingerprint density at radius 1 is 0.394 bits per heavy atom. The van der Waals surface area contributed by atoms with Gasteiger partial charge >= 0.3 is 0 Å². The molecule has 0 bridgehead atoms. The first-order chi connectivity index (χ1) is 52.6. The highest BCUT2D eigenvalue weighted by atomic mass is 19.1. The van der Waals surface area contributed by atoms with Gasteiger partial charge in [0.05, 0.1) is 22.1 Å². The second-order valence-electron chi connectivity index (χ2n) is 32.2. The maximum Gasteiger partial charge on any atom is 0.123 e. The maximum absolute atomic E-state index is 13.4. The van der Waals surface area contributed by atoms with Crippen LogP contribution < -0.4 is 0 Å². The fourth-order valence-corrected chi connectivity index (χ4v) is 17.8. The van der Waals surface area contributed by atoms with E-state index in [9.17, 15) is 4.39 Å². The van der Waals surface area contributed by atoms with Crippen LogP contribution in [-0.4, -0.2) is 96.8 Å². The van der Waals surface area contributed by atoms with E-state index < -0.39 is 0 Å². The summed E-state index contributed by atoms with van der Waals surface area (Å²) in [5.74, 6) is -0.206.